The van der Waals surface area contributed by atoms with Gasteiger partial charge in [0.2, 0.25) is 0 Å². The zero-order valence-corrected chi connectivity index (χ0v) is 10.6. The van der Waals surface area contributed by atoms with Crippen LogP contribution in [0.2, 0.25) is 0 Å². The van der Waals surface area contributed by atoms with Crippen molar-refractivity contribution in [1.82, 2.24) is 20.2 Å². The Morgan fingerprint density at radius 1 is 1.25 bits per heavy atom. The summed E-state index contributed by atoms with van der Waals surface area (Å²) in [5, 5.41) is 10.6. The first kappa shape index (κ1) is 12.1. The topological polar surface area (TPSA) is 92.8 Å². The van der Waals surface area contributed by atoms with Crippen molar-refractivity contribution in [3.05, 3.63) is 42.4 Å². The number of carbonyl (C=O) groups excluding carboxylic acids is 1. The fraction of sp³-hybridized carbons (Fsp3) is 0.0769. The highest BCUT2D eigenvalue weighted by Crippen LogP contribution is 2.21. The lowest BCUT2D eigenvalue weighted by Gasteiger charge is -2.06. The molecule has 0 aliphatic carbocycles. The minimum atomic E-state index is -0.365. The van der Waals surface area contributed by atoms with Crippen LogP contribution in [0.5, 0.6) is 0 Å². The van der Waals surface area contributed by atoms with Crippen molar-refractivity contribution in [3.63, 3.8) is 0 Å². The molecule has 0 atom stereocenters. The smallest absolute Gasteiger partial charge is 0.337 e. The van der Waals surface area contributed by atoms with Gasteiger partial charge in [0.05, 0.1) is 24.3 Å². The maximum absolute atomic E-state index is 11.3. The number of H-pyrrole nitrogens is 1. The standard InChI is InChI=1S/C13H11N5O2/c1-20-13(19)8-2-4-9(5-3-8)17-11-10-6-16-18-12(10)15-7-14-11/h2-7H,1H3,(H2,14,15,16,17,18). The average molecular weight is 269 g/mol. The van der Waals surface area contributed by atoms with Gasteiger partial charge in [-0.05, 0) is 24.3 Å². The van der Waals surface area contributed by atoms with Crippen molar-refractivity contribution >= 4 is 28.5 Å². The number of ether oxygens (including phenoxy) is 1. The first-order valence-electron chi connectivity index (χ1n) is 5.87. The molecule has 3 rings (SSSR count). The molecule has 3 aromatic rings. The normalized spacial score (nSPS) is 10.4. The number of nitrogens with zero attached hydrogens (tertiary/aromatic N) is 3. The molecule has 1 aromatic carbocycles. The Bertz CT molecular complexity index is 751. The maximum atomic E-state index is 11.3. The van der Waals surface area contributed by atoms with Crippen LogP contribution in [-0.4, -0.2) is 33.2 Å². The number of fused-ring (bicyclic) bond motifs is 1. The van der Waals surface area contributed by atoms with Crippen LogP contribution >= 0.6 is 0 Å². The summed E-state index contributed by atoms with van der Waals surface area (Å²) in [5.41, 5.74) is 1.96. The molecule has 0 saturated heterocycles. The molecule has 0 bridgehead atoms. The lowest BCUT2D eigenvalue weighted by molar-refractivity contribution is 0.0601. The lowest BCUT2D eigenvalue weighted by Crippen LogP contribution is -2.01. The fourth-order valence-corrected chi connectivity index (χ4v) is 1.81. The Hall–Kier alpha value is -2.96. The minimum Gasteiger partial charge on any atom is -0.465 e. The Morgan fingerprint density at radius 3 is 2.80 bits per heavy atom. The van der Waals surface area contributed by atoms with E-state index in [-0.39, 0.29) is 5.97 Å². The highest BCUT2D eigenvalue weighted by atomic mass is 16.5. The number of anilines is 2. The molecule has 2 heterocycles. The van der Waals surface area contributed by atoms with Crippen LogP contribution in [0.4, 0.5) is 11.5 Å². The van der Waals surface area contributed by atoms with Gasteiger partial charge in [0.1, 0.15) is 12.1 Å². The number of rotatable bonds is 3. The molecule has 0 spiro atoms. The summed E-state index contributed by atoms with van der Waals surface area (Å²) in [5.74, 6) is 0.283. The summed E-state index contributed by atoms with van der Waals surface area (Å²) >= 11 is 0. The second kappa shape index (κ2) is 4.96. The maximum Gasteiger partial charge on any atom is 0.337 e. The monoisotopic (exact) mass is 269 g/mol. The molecule has 0 unspecified atom stereocenters. The van der Waals surface area contributed by atoms with Crippen molar-refractivity contribution in [2.45, 2.75) is 0 Å². The average Bonchev–Trinajstić information content (AvgIpc) is 2.97. The van der Waals surface area contributed by atoms with E-state index in [0.717, 1.165) is 11.1 Å². The number of esters is 1. The third kappa shape index (κ3) is 2.16. The summed E-state index contributed by atoms with van der Waals surface area (Å²) in [6, 6.07) is 6.92. The summed E-state index contributed by atoms with van der Waals surface area (Å²) in [6.07, 6.45) is 3.10. The number of aromatic amines is 1. The molecule has 0 saturated carbocycles. The number of hydrogen-bond acceptors (Lipinski definition) is 6. The molecule has 0 aliphatic heterocycles. The largest absolute Gasteiger partial charge is 0.465 e. The molecule has 7 heteroatoms. The van der Waals surface area contributed by atoms with Crippen LogP contribution in [0.15, 0.2) is 36.8 Å². The van der Waals surface area contributed by atoms with Gasteiger partial charge in [-0.2, -0.15) is 5.10 Å². The van der Waals surface area contributed by atoms with Crippen molar-refractivity contribution in [1.29, 1.82) is 0 Å². The molecule has 0 fully saturated rings. The van der Waals surface area contributed by atoms with Crippen LogP contribution in [0.3, 0.4) is 0 Å². The first-order valence-corrected chi connectivity index (χ1v) is 5.87. The van der Waals surface area contributed by atoms with Crippen molar-refractivity contribution in [2.75, 3.05) is 12.4 Å². The molecular weight excluding hydrogens is 258 g/mol. The van der Waals surface area contributed by atoms with Crippen LogP contribution in [0.1, 0.15) is 10.4 Å². The van der Waals surface area contributed by atoms with E-state index in [9.17, 15) is 4.79 Å². The molecule has 0 radical (unpaired) electrons. The lowest BCUT2D eigenvalue weighted by atomic mass is 10.2. The predicted octanol–water partition coefficient (Wildman–Crippen LogP) is 1.88. The van der Waals surface area contributed by atoms with Crippen LogP contribution in [0.25, 0.3) is 11.0 Å². The Balaban J connectivity index is 1.88. The molecule has 20 heavy (non-hydrogen) atoms. The summed E-state index contributed by atoms with van der Waals surface area (Å²) < 4.78 is 4.65. The quantitative estimate of drug-likeness (QED) is 0.705. The molecule has 2 aromatic heterocycles. The molecule has 100 valence electrons. The van der Waals surface area contributed by atoms with Gasteiger partial charge in [-0.25, -0.2) is 14.8 Å². The van der Waals surface area contributed by atoms with Crippen molar-refractivity contribution in [2.24, 2.45) is 0 Å². The van der Waals surface area contributed by atoms with E-state index in [1.54, 1.807) is 30.5 Å². The zero-order valence-electron chi connectivity index (χ0n) is 10.6. The van der Waals surface area contributed by atoms with Crippen LogP contribution in [-0.2, 0) is 4.74 Å². The van der Waals surface area contributed by atoms with E-state index in [4.69, 9.17) is 0 Å². The summed E-state index contributed by atoms with van der Waals surface area (Å²) in [4.78, 5) is 19.6. The Kier molecular flexibility index (Phi) is 3.00. The van der Waals surface area contributed by atoms with Crippen molar-refractivity contribution in [3.8, 4) is 0 Å². The van der Waals surface area contributed by atoms with E-state index in [1.807, 2.05) is 0 Å². The molecule has 2 N–H and O–H groups in total. The molecule has 0 aliphatic rings. The summed E-state index contributed by atoms with van der Waals surface area (Å²) in [7, 11) is 1.35. The number of carbonyl (C=O) groups is 1. The number of nitrogens with one attached hydrogen (secondary N) is 2. The molecule has 7 nitrogen and oxygen atoms in total. The second-order valence-electron chi connectivity index (χ2n) is 4.05. The van der Waals surface area contributed by atoms with Gasteiger partial charge >= 0.3 is 5.97 Å². The zero-order chi connectivity index (χ0) is 13.9. The van der Waals surface area contributed by atoms with Gasteiger partial charge in [-0.1, -0.05) is 0 Å². The van der Waals surface area contributed by atoms with Crippen LogP contribution in [0, 0.1) is 0 Å². The number of methoxy groups -OCH3 is 1. The minimum absolute atomic E-state index is 0.365. The van der Waals surface area contributed by atoms with Gasteiger partial charge in [0.15, 0.2) is 5.65 Å². The summed E-state index contributed by atoms with van der Waals surface area (Å²) in [6.45, 7) is 0. The van der Waals surface area contributed by atoms with E-state index in [2.05, 4.69) is 30.2 Å². The van der Waals surface area contributed by atoms with Gasteiger partial charge < -0.3 is 10.1 Å². The predicted molar refractivity (Wildman–Crippen MR) is 72.7 cm³/mol. The third-order valence-electron chi connectivity index (χ3n) is 2.82. The number of benzene rings is 1. The van der Waals surface area contributed by atoms with Gasteiger partial charge in [0, 0.05) is 5.69 Å². The SMILES string of the molecule is COC(=O)c1ccc(Nc2ncnc3[nH]ncc23)cc1. The van der Waals surface area contributed by atoms with Gasteiger partial charge in [0.25, 0.3) is 0 Å². The number of hydrogen-bond donors (Lipinski definition) is 2. The Morgan fingerprint density at radius 2 is 2.05 bits per heavy atom. The molecular formula is C13H11N5O2. The van der Waals surface area contributed by atoms with Crippen molar-refractivity contribution < 1.29 is 9.53 Å². The number of aromatic nitrogens is 4. The van der Waals surface area contributed by atoms with Gasteiger partial charge in [-0.15, -0.1) is 0 Å². The van der Waals surface area contributed by atoms with E-state index >= 15 is 0 Å². The molecule has 0 amide bonds. The second-order valence-corrected chi connectivity index (χ2v) is 4.05. The highest BCUT2D eigenvalue weighted by Gasteiger charge is 2.07. The van der Waals surface area contributed by atoms with E-state index in [1.165, 1.54) is 13.4 Å². The van der Waals surface area contributed by atoms with E-state index in [0.29, 0.717) is 17.0 Å². The van der Waals surface area contributed by atoms with Crippen LogP contribution < -0.4 is 5.32 Å². The van der Waals surface area contributed by atoms with Gasteiger partial charge in [-0.3, -0.25) is 5.10 Å². The Labute approximate surface area is 114 Å². The van der Waals surface area contributed by atoms with E-state index < -0.39 is 0 Å². The first-order chi connectivity index (χ1) is 9.78. The third-order valence-corrected chi connectivity index (χ3v) is 2.82. The fourth-order valence-electron chi connectivity index (χ4n) is 1.81. The highest BCUT2D eigenvalue weighted by molar-refractivity contribution is 5.90.